The molecule has 2 N–H and O–H groups in total. The zero-order valence-corrected chi connectivity index (χ0v) is 18.3. The van der Waals surface area contributed by atoms with Crippen molar-refractivity contribution in [1.82, 2.24) is 15.3 Å². The number of rotatable bonds is 9. The lowest BCUT2D eigenvalue weighted by atomic mass is 10.2. The molecule has 0 radical (unpaired) electrons. The minimum absolute atomic E-state index is 0.130. The zero-order valence-electron chi connectivity index (χ0n) is 18.3. The van der Waals surface area contributed by atoms with Gasteiger partial charge in [-0.15, -0.1) is 0 Å². The van der Waals surface area contributed by atoms with Crippen molar-refractivity contribution in [2.24, 2.45) is 0 Å². The van der Waals surface area contributed by atoms with Gasteiger partial charge in [-0.25, -0.2) is 4.98 Å². The van der Waals surface area contributed by atoms with Crippen LogP contribution in [0.15, 0.2) is 77.6 Å². The molecule has 0 fully saturated rings. The SMILES string of the molecule is COc1cc(CNC(=O)CCc2nc3ccccc3c(=O)[nH]2)ccc1OCc1ccccc1. The van der Waals surface area contributed by atoms with Gasteiger partial charge >= 0.3 is 0 Å². The summed E-state index contributed by atoms with van der Waals surface area (Å²) in [5.74, 6) is 1.61. The molecule has 1 aromatic heterocycles. The number of fused-ring (bicyclic) bond motifs is 1. The van der Waals surface area contributed by atoms with Gasteiger partial charge in [-0.05, 0) is 35.4 Å². The summed E-state index contributed by atoms with van der Waals surface area (Å²) in [5.41, 5.74) is 2.39. The van der Waals surface area contributed by atoms with Crippen LogP contribution in [0.2, 0.25) is 0 Å². The molecular weight excluding hydrogens is 418 g/mol. The van der Waals surface area contributed by atoms with Gasteiger partial charge in [0.25, 0.3) is 5.56 Å². The maximum Gasteiger partial charge on any atom is 0.258 e. The molecule has 1 amide bonds. The van der Waals surface area contributed by atoms with E-state index in [9.17, 15) is 9.59 Å². The van der Waals surface area contributed by atoms with E-state index in [0.29, 0.717) is 47.8 Å². The first-order chi connectivity index (χ1) is 16.1. The highest BCUT2D eigenvalue weighted by molar-refractivity contribution is 5.78. The molecule has 0 spiro atoms. The summed E-state index contributed by atoms with van der Waals surface area (Å²) < 4.78 is 11.3. The van der Waals surface area contributed by atoms with Crippen molar-refractivity contribution in [3.8, 4) is 11.5 Å². The van der Waals surface area contributed by atoms with Crippen LogP contribution in [0.25, 0.3) is 10.9 Å². The number of carbonyl (C=O) groups is 1. The van der Waals surface area contributed by atoms with Crippen LogP contribution in [0.3, 0.4) is 0 Å². The number of H-pyrrole nitrogens is 1. The minimum atomic E-state index is -0.197. The topological polar surface area (TPSA) is 93.3 Å². The lowest BCUT2D eigenvalue weighted by molar-refractivity contribution is -0.121. The number of nitrogens with one attached hydrogen (secondary N) is 2. The quantitative estimate of drug-likeness (QED) is 0.411. The van der Waals surface area contributed by atoms with Crippen molar-refractivity contribution >= 4 is 16.8 Å². The number of aromatic nitrogens is 2. The Morgan fingerprint density at radius 2 is 1.76 bits per heavy atom. The number of aromatic amines is 1. The first-order valence-corrected chi connectivity index (χ1v) is 10.7. The molecule has 0 saturated heterocycles. The third-order valence-corrected chi connectivity index (χ3v) is 5.21. The Bertz CT molecular complexity index is 1300. The zero-order chi connectivity index (χ0) is 23.0. The minimum Gasteiger partial charge on any atom is -0.493 e. The fourth-order valence-electron chi connectivity index (χ4n) is 3.45. The summed E-state index contributed by atoms with van der Waals surface area (Å²) in [6, 6.07) is 22.6. The highest BCUT2D eigenvalue weighted by Crippen LogP contribution is 2.28. The van der Waals surface area contributed by atoms with E-state index in [4.69, 9.17) is 9.47 Å². The average molecular weight is 444 g/mol. The van der Waals surface area contributed by atoms with Crippen LogP contribution >= 0.6 is 0 Å². The van der Waals surface area contributed by atoms with Crippen molar-refractivity contribution in [2.75, 3.05) is 7.11 Å². The van der Waals surface area contributed by atoms with E-state index in [0.717, 1.165) is 11.1 Å². The highest BCUT2D eigenvalue weighted by Gasteiger charge is 2.09. The van der Waals surface area contributed by atoms with Crippen LogP contribution in [-0.4, -0.2) is 23.0 Å². The molecule has 0 atom stereocenters. The van der Waals surface area contributed by atoms with Gasteiger partial charge in [0.2, 0.25) is 5.91 Å². The van der Waals surface area contributed by atoms with Crippen LogP contribution in [0.5, 0.6) is 11.5 Å². The number of hydrogen-bond donors (Lipinski definition) is 2. The van der Waals surface area contributed by atoms with E-state index in [1.807, 2.05) is 54.6 Å². The van der Waals surface area contributed by atoms with Gasteiger partial charge in [0.1, 0.15) is 12.4 Å². The maximum atomic E-state index is 12.3. The van der Waals surface area contributed by atoms with Crippen LogP contribution in [0, 0.1) is 0 Å². The molecule has 7 nitrogen and oxygen atoms in total. The summed E-state index contributed by atoms with van der Waals surface area (Å²) in [6.07, 6.45) is 0.568. The molecule has 1 heterocycles. The smallest absolute Gasteiger partial charge is 0.258 e. The van der Waals surface area contributed by atoms with Crippen LogP contribution in [0.1, 0.15) is 23.4 Å². The summed E-state index contributed by atoms with van der Waals surface area (Å²) in [5, 5.41) is 3.43. The number of methoxy groups -OCH3 is 1. The Morgan fingerprint density at radius 3 is 2.58 bits per heavy atom. The van der Waals surface area contributed by atoms with Gasteiger partial charge in [0.15, 0.2) is 11.5 Å². The number of nitrogens with zero attached hydrogens (tertiary/aromatic N) is 1. The van der Waals surface area contributed by atoms with Crippen molar-refractivity contribution < 1.29 is 14.3 Å². The fraction of sp³-hybridized carbons (Fsp3) is 0.192. The van der Waals surface area contributed by atoms with Gasteiger partial charge in [0, 0.05) is 19.4 Å². The molecule has 0 unspecified atom stereocenters. The molecule has 0 aliphatic carbocycles. The molecule has 4 aromatic rings. The molecule has 0 saturated carbocycles. The second-order valence-electron chi connectivity index (χ2n) is 7.57. The number of carbonyl (C=O) groups excluding carboxylic acids is 1. The van der Waals surface area contributed by atoms with E-state index < -0.39 is 0 Å². The molecule has 0 bridgehead atoms. The third-order valence-electron chi connectivity index (χ3n) is 5.21. The number of ether oxygens (including phenoxy) is 2. The van der Waals surface area contributed by atoms with Crippen LogP contribution in [-0.2, 0) is 24.4 Å². The first kappa shape index (κ1) is 22.1. The predicted octanol–water partition coefficient (Wildman–Crippen LogP) is 3.76. The van der Waals surface area contributed by atoms with Crippen molar-refractivity contribution in [1.29, 1.82) is 0 Å². The lowest BCUT2D eigenvalue weighted by Gasteiger charge is -2.13. The van der Waals surface area contributed by atoms with E-state index in [1.54, 1.807) is 25.3 Å². The molecule has 0 aliphatic heterocycles. The fourth-order valence-corrected chi connectivity index (χ4v) is 3.45. The van der Waals surface area contributed by atoms with Crippen molar-refractivity contribution in [2.45, 2.75) is 26.0 Å². The second-order valence-corrected chi connectivity index (χ2v) is 7.57. The van der Waals surface area contributed by atoms with E-state index >= 15 is 0 Å². The van der Waals surface area contributed by atoms with Gasteiger partial charge < -0.3 is 19.8 Å². The molecule has 33 heavy (non-hydrogen) atoms. The van der Waals surface area contributed by atoms with E-state index in [2.05, 4.69) is 15.3 Å². The molecular formula is C26H25N3O4. The molecule has 4 rings (SSSR count). The average Bonchev–Trinajstić information content (AvgIpc) is 2.86. The first-order valence-electron chi connectivity index (χ1n) is 10.7. The molecule has 3 aromatic carbocycles. The number of amides is 1. The summed E-state index contributed by atoms with van der Waals surface area (Å²) >= 11 is 0. The lowest BCUT2D eigenvalue weighted by Crippen LogP contribution is -2.23. The largest absolute Gasteiger partial charge is 0.493 e. The summed E-state index contributed by atoms with van der Waals surface area (Å²) in [4.78, 5) is 31.7. The normalized spacial score (nSPS) is 10.7. The molecule has 0 aliphatic rings. The molecule has 168 valence electrons. The third kappa shape index (κ3) is 5.77. The van der Waals surface area contributed by atoms with Crippen LogP contribution in [0.4, 0.5) is 0 Å². The Morgan fingerprint density at radius 1 is 0.970 bits per heavy atom. The van der Waals surface area contributed by atoms with Crippen molar-refractivity contribution in [3.63, 3.8) is 0 Å². The second kappa shape index (κ2) is 10.5. The predicted molar refractivity (Wildman–Crippen MR) is 126 cm³/mol. The van der Waals surface area contributed by atoms with E-state index in [1.165, 1.54) is 0 Å². The van der Waals surface area contributed by atoms with Crippen LogP contribution < -0.4 is 20.3 Å². The monoisotopic (exact) mass is 443 g/mol. The highest BCUT2D eigenvalue weighted by atomic mass is 16.5. The van der Waals surface area contributed by atoms with Crippen molar-refractivity contribution in [3.05, 3.63) is 100 Å². The molecule has 7 heteroatoms. The summed E-state index contributed by atoms with van der Waals surface area (Å²) in [6.45, 7) is 0.800. The van der Waals surface area contributed by atoms with Gasteiger partial charge in [-0.3, -0.25) is 9.59 Å². The van der Waals surface area contributed by atoms with Gasteiger partial charge in [0.05, 0.1) is 18.0 Å². The summed E-state index contributed by atoms with van der Waals surface area (Å²) in [7, 11) is 1.59. The Labute approximate surface area is 191 Å². The van der Waals surface area contributed by atoms with Gasteiger partial charge in [-0.2, -0.15) is 0 Å². The standard InChI is InChI=1S/C26H25N3O4/c1-32-23-15-19(11-12-22(23)33-17-18-7-3-2-4-8-18)16-27-25(30)14-13-24-28-21-10-6-5-9-20(21)26(31)29-24/h2-12,15H,13-14,16-17H2,1H3,(H,27,30)(H,28,29,31). The number of hydrogen-bond acceptors (Lipinski definition) is 5. The maximum absolute atomic E-state index is 12.3. The Kier molecular flexibility index (Phi) is 6.99. The van der Waals surface area contributed by atoms with E-state index in [-0.39, 0.29) is 17.9 Å². The Balaban J connectivity index is 1.31. The number of aryl methyl sites for hydroxylation is 1. The number of para-hydroxylation sites is 1. The van der Waals surface area contributed by atoms with Gasteiger partial charge in [-0.1, -0.05) is 48.5 Å². The number of benzene rings is 3. The Hall–Kier alpha value is -4.13.